The molecule has 0 saturated carbocycles. The lowest BCUT2D eigenvalue weighted by molar-refractivity contribution is -0.122. The van der Waals surface area contributed by atoms with E-state index in [9.17, 15) is 14.4 Å². The molecule has 224 valence electrons. The fraction of sp³-hybridized carbons (Fsp3) is 0.387. The third kappa shape index (κ3) is 6.84. The molecule has 1 heterocycles. The summed E-state index contributed by atoms with van der Waals surface area (Å²) in [5.74, 6) is 2.33. The van der Waals surface area contributed by atoms with Crippen LogP contribution in [0, 0.1) is 0 Å². The fourth-order valence-corrected chi connectivity index (χ4v) is 5.70. The van der Waals surface area contributed by atoms with Crippen molar-refractivity contribution < 1.29 is 28.2 Å². The van der Waals surface area contributed by atoms with Gasteiger partial charge in [-0.2, -0.15) is 11.8 Å². The molecule has 0 unspecified atom stereocenters. The molecule has 2 aromatic carbocycles. The third-order valence-corrected chi connectivity index (χ3v) is 7.83. The van der Waals surface area contributed by atoms with Crippen molar-refractivity contribution in [3.05, 3.63) is 69.8 Å². The number of carbonyl (C=O) groups excluding carboxylic acids is 2. The number of ether oxygens (including phenoxy) is 3. The lowest BCUT2D eigenvalue weighted by Crippen LogP contribution is -2.40. The molecule has 1 aliphatic rings. The highest BCUT2D eigenvalue weighted by Gasteiger charge is 2.30. The van der Waals surface area contributed by atoms with Crippen LogP contribution >= 0.6 is 11.8 Å². The molecule has 0 spiro atoms. The van der Waals surface area contributed by atoms with Crippen molar-refractivity contribution in [3.8, 4) is 28.4 Å². The van der Waals surface area contributed by atoms with E-state index < -0.39 is 12.1 Å². The van der Waals surface area contributed by atoms with Crippen LogP contribution in [0.25, 0.3) is 11.1 Å². The Morgan fingerprint density at radius 3 is 2.52 bits per heavy atom. The van der Waals surface area contributed by atoms with Crippen LogP contribution in [0.15, 0.2) is 51.9 Å². The predicted molar refractivity (Wildman–Crippen MR) is 164 cm³/mol. The summed E-state index contributed by atoms with van der Waals surface area (Å²) in [6.07, 6.45) is 5.17. The van der Waals surface area contributed by atoms with Crippen molar-refractivity contribution in [2.75, 3.05) is 38.7 Å². The zero-order valence-corrected chi connectivity index (χ0v) is 25.3. The minimum absolute atomic E-state index is 0.207. The Labute approximate surface area is 249 Å². The van der Waals surface area contributed by atoms with Gasteiger partial charge in [-0.05, 0) is 78.3 Å². The maximum Gasteiger partial charge on any atom is 0.242 e. The highest BCUT2D eigenvalue weighted by Crippen LogP contribution is 2.50. The number of benzene rings is 1. The number of methoxy groups -OCH3 is 3. The number of rotatable bonds is 12. The number of nitrogens with one attached hydrogen (secondary N) is 3. The van der Waals surface area contributed by atoms with E-state index in [1.165, 1.54) is 13.0 Å². The normalized spacial score (nSPS) is 14.5. The van der Waals surface area contributed by atoms with E-state index in [0.717, 1.165) is 11.1 Å². The molecule has 42 heavy (non-hydrogen) atoms. The number of furan rings is 1. The summed E-state index contributed by atoms with van der Waals surface area (Å²) in [4.78, 5) is 39.1. The lowest BCUT2D eigenvalue weighted by atomic mass is 9.95. The van der Waals surface area contributed by atoms with E-state index in [-0.39, 0.29) is 29.5 Å². The third-order valence-electron chi connectivity index (χ3n) is 7.19. The minimum Gasteiger partial charge on any atom is -0.493 e. The quantitative estimate of drug-likeness (QED) is 0.281. The van der Waals surface area contributed by atoms with Gasteiger partial charge < -0.3 is 34.6 Å². The van der Waals surface area contributed by atoms with Gasteiger partial charge in [0.25, 0.3) is 0 Å². The number of anilines is 1. The molecule has 1 aliphatic carbocycles. The van der Waals surface area contributed by atoms with Crippen LogP contribution in [0.5, 0.6) is 17.2 Å². The lowest BCUT2D eigenvalue weighted by Gasteiger charge is -2.19. The van der Waals surface area contributed by atoms with E-state index in [0.29, 0.717) is 59.2 Å². The molecule has 1 aromatic heterocycles. The van der Waals surface area contributed by atoms with Gasteiger partial charge in [-0.25, -0.2) is 0 Å². The summed E-state index contributed by atoms with van der Waals surface area (Å²) in [5.41, 5.74) is 3.02. The van der Waals surface area contributed by atoms with Gasteiger partial charge in [0.15, 0.2) is 11.5 Å². The summed E-state index contributed by atoms with van der Waals surface area (Å²) in [5, 5.41) is 9.08. The smallest absolute Gasteiger partial charge is 0.242 e. The standard InChI is InChI=1S/C31H37N3O7S/c1-18(35)33-23-10-8-19-15-27(38-2)29(39-3)30(40-4)28(19)21-9-11-24(26(36)16-22(21)23)34-25(12-14-42-5)31(37)32-17-20-7-6-13-41-20/h6-7,9,11,13,15-16,23,25H,8,10,12,14,17H2,1-5H3,(H,32,37)(H,33,35)(H,34,36)/t23-,25-/m0/s1. The number of hydrogen-bond acceptors (Lipinski definition) is 9. The summed E-state index contributed by atoms with van der Waals surface area (Å²) in [7, 11) is 4.66. The number of amides is 2. The van der Waals surface area contributed by atoms with Crippen molar-refractivity contribution in [2.45, 2.75) is 44.8 Å². The van der Waals surface area contributed by atoms with Crippen LogP contribution in [0.3, 0.4) is 0 Å². The minimum atomic E-state index is -0.653. The average molecular weight is 596 g/mol. The van der Waals surface area contributed by atoms with Crippen molar-refractivity contribution in [3.63, 3.8) is 0 Å². The Hall–Kier alpha value is -4.12. The van der Waals surface area contributed by atoms with Crippen LogP contribution in [0.1, 0.15) is 42.7 Å². The Morgan fingerprint density at radius 2 is 1.88 bits per heavy atom. The molecular weight excluding hydrogens is 558 g/mol. The van der Waals surface area contributed by atoms with E-state index in [4.69, 9.17) is 18.6 Å². The van der Waals surface area contributed by atoms with Crippen molar-refractivity contribution >= 4 is 29.3 Å². The second-order valence-corrected chi connectivity index (χ2v) is 10.9. The number of thioether (sulfide) groups is 1. The molecule has 3 aromatic rings. The molecule has 0 aliphatic heterocycles. The first-order chi connectivity index (χ1) is 20.3. The number of carbonyl (C=O) groups is 2. The van der Waals surface area contributed by atoms with Gasteiger partial charge in [0, 0.05) is 12.5 Å². The predicted octanol–water partition coefficient (Wildman–Crippen LogP) is 4.31. The number of hydrogen-bond donors (Lipinski definition) is 3. The summed E-state index contributed by atoms with van der Waals surface area (Å²) >= 11 is 1.61. The average Bonchev–Trinajstić information content (AvgIpc) is 3.40. The summed E-state index contributed by atoms with van der Waals surface area (Å²) in [6, 6.07) is 9.42. The summed E-state index contributed by atoms with van der Waals surface area (Å²) < 4.78 is 22.4. The van der Waals surface area contributed by atoms with Crippen LogP contribution in [0.4, 0.5) is 5.69 Å². The fourth-order valence-electron chi connectivity index (χ4n) is 5.23. The van der Waals surface area contributed by atoms with Crippen molar-refractivity contribution in [1.29, 1.82) is 0 Å². The molecule has 0 bridgehead atoms. The second-order valence-electron chi connectivity index (χ2n) is 9.87. The van der Waals surface area contributed by atoms with Gasteiger partial charge in [-0.1, -0.05) is 6.07 Å². The van der Waals surface area contributed by atoms with Crippen LogP contribution in [-0.2, 0) is 22.6 Å². The largest absolute Gasteiger partial charge is 0.493 e. The maximum absolute atomic E-state index is 13.7. The SMILES string of the molecule is COc1cc2c(c(OC)c1OC)-c1ccc(N[C@@H](CCSC)C(=O)NCc3ccco3)c(=O)cc1[C@@H](NC(C)=O)CC2. The highest BCUT2D eigenvalue weighted by molar-refractivity contribution is 7.98. The zero-order valence-electron chi connectivity index (χ0n) is 24.5. The first-order valence-corrected chi connectivity index (χ1v) is 15.0. The Balaban J connectivity index is 1.81. The Bertz CT molecular complexity index is 1480. The first kappa shape index (κ1) is 30.8. The van der Waals surface area contributed by atoms with Gasteiger partial charge in [-0.3, -0.25) is 14.4 Å². The van der Waals surface area contributed by atoms with Crippen molar-refractivity contribution in [1.82, 2.24) is 10.6 Å². The number of aryl methyl sites for hydroxylation is 1. The molecule has 0 radical (unpaired) electrons. The molecule has 2 atom stereocenters. The van der Waals surface area contributed by atoms with Crippen LogP contribution in [-0.4, -0.2) is 51.2 Å². The molecule has 2 amide bonds. The van der Waals surface area contributed by atoms with Crippen LogP contribution < -0.4 is 35.6 Å². The van der Waals surface area contributed by atoms with Gasteiger partial charge in [-0.15, -0.1) is 0 Å². The molecule has 11 heteroatoms. The van der Waals surface area contributed by atoms with Crippen LogP contribution in [0.2, 0.25) is 0 Å². The Morgan fingerprint density at radius 1 is 1.10 bits per heavy atom. The van der Waals surface area contributed by atoms with Gasteiger partial charge in [0.1, 0.15) is 11.8 Å². The van der Waals surface area contributed by atoms with Gasteiger partial charge >= 0.3 is 0 Å². The first-order valence-electron chi connectivity index (χ1n) is 13.6. The molecule has 4 rings (SSSR count). The monoisotopic (exact) mass is 595 g/mol. The van der Waals surface area contributed by atoms with E-state index in [1.807, 2.05) is 18.4 Å². The van der Waals surface area contributed by atoms with Gasteiger partial charge in [0.05, 0.1) is 45.9 Å². The zero-order chi connectivity index (χ0) is 30.2. The van der Waals surface area contributed by atoms with Gasteiger partial charge in [0.2, 0.25) is 23.0 Å². The number of fused-ring (bicyclic) bond motifs is 3. The molecule has 3 N–H and O–H groups in total. The van der Waals surface area contributed by atoms with E-state index >= 15 is 0 Å². The molecule has 10 nitrogen and oxygen atoms in total. The second kappa shape index (κ2) is 14.2. The Kier molecular flexibility index (Phi) is 10.4. The molecule has 0 fully saturated rings. The topological polar surface area (TPSA) is 128 Å². The highest BCUT2D eigenvalue weighted by atomic mass is 32.2. The van der Waals surface area contributed by atoms with E-state index in [1.54, 1.807) is 57.6 Å². The van der Waals surface area contributed by atoms with Crippen molar-refractivity contribution in [2.24, 2.45) is 0 Å². The van der Waals surface area contributed by atoms with E-state index in [2.05, 4.69) is 16.0 Å². The summed E-state index contributed by atoms with van der Waals surface area (Å²) in [6.45, 7) is 1.70. The molecule has 0 saturated heterocycles. The maximum atomic E-state index is 13.7. The molecular formula is C31H37N3O7S.